The van der Waals surface area contributed by atoms with Crippen molar-refractivity contribution in [2.24, 2.45) is 5.92 Å². The maximum absolute atomic E-state index is 12.3. The quantitative estimate of drug-likeness (QED) is 0.850. The van der Waals surface area contributed by atoms with Gasteiger partial charge in [-0.1, -0.05) is 25.4 Å². The highest BCUT2D eigenvalue weighted by atomic mass is 35.5. The highest BCUT2D eigenvalue weighted by molar-refractivity contribution is 7.71. The molecule has 0 aliphatic rings. The van der Waals surface area contributed by atoms with Crippen molar-refractivity contribution in [3.8, 4) is 11.4 Å². The van der Waals surface area contributed by atoms with Gasteiger partial charge in [0.15, 0.2) is 10.6 Å². The van der Waals surface area contributed by atoms with Crippen molar-refractivity contribution in [2.75, 3.05) is 13.6 Å². The van der Waals surface area contributed by atoms with Crippen LogP contribution in [0.2, 0.25) is 5.02 Å². The minimum absolute atomic E-state index is 0.00131. The summed E-state index contributed by atoms with van der Waals surface area (Å²) in [4.78, 5) is 14.0. The van der Waals surface area contributed by atoms with Gasteiger partial charge in [-0.3, -0.25) is 14.5 Å². The Balaban J connectivity index is 2.25. The maximum atomic E-state index is 12.3. The van der Waals surface area contributed by atoms with Gasteiger partial charge in [-0.05, 0) is 42.4 Å². The molecule has 118 valence electrons. The van der Waals surface area contributed by atoms with Crippen LogP contribution in [0.3, 0.4) is 0 Å². The molecule has 5 nitrogen and oxygen atoms in total. The Morgan fingerprint density at radius 2 is 2.05 bits per heavy atom. The molecule has 0 saturated heterocycles. The Labute approximate surface area is 139 Å². The molecule has 1 aromatic heterocycles. The van der Waals surface area contributed by atoms with Crippen molar-refractivity contribution in [1.29, 1.82) is 0 Å². The van der Waals surface area contributed by atoms with Crippen molar-refractivity contribution < 1.29 is 4.79 Å². The van der Waals surface area contributed by atoms with Gasteiger partial charge in [0, 0.05) is 24.2 Å². The fourth-order valence-corrected chi connectivity index (χ4v) is 2.51. The first-order valence-electron chi connectivity index (χ1n) is 7.03. The smallest absolute Gasteiger partial charge is 0.242 e. The second kappa shape index (κ2) is 7.07. The summed E-state index contributed by atoms with van der Waals surface area (Å²) in [5.74, 6) is 1.05. The zero-order valence-corrected chi connectivity index (χ0v) is 14.4. The number of hydrogen-bond donors (Lipinski definition) is 1. The Morgan fingerprint density at radius 1 is 1.41 bits per heavy atom. The number of aromatic amines is 1. The van der Waals surface area contributed by atoms with E-state index in [1.807, 2.05) is 12.1 Å². The van der Waals surface area contributed by atoms with Crippen molar-refractivity contribution in [3.63, 3.8) is 0 Å². The third-order valence-corrected chi connectivity index (χ3v) is 3.78. The highest BCUT2D eigenvalue weighted by Gasteiger charge is 2.15. The van der Waals surface area contributed by atoms with Gasteiger partial charge in [0.2, 0.25) is 5.91 Å². The number of amides is 1. The standard InChI is InChI=1S/C15H19ClN4OS/c1-10(2)8-19(3)13(21)9-20-14(17-18-15(20)22)11-4-6-12(16)7-5-11/h4-7,10H,8-9H2,1-3H3,(H,18,22). The van der Waals surface area contributed by atoms with Crippen LogP contribution < -0.4 is 0 Å². The Morgan fingerprint density at radius 3 is 2.64 bits per heavy atom. The van der Waals surface area contributed by atoms with Gasteiger partial charge >= 0.3 is 0 Å². The SMILES string of the molecule is CC(C)CN(C)C(=O)Cn1c(-c2ccc(Cl)cc2)n[nH]c1=S. The van der Waals surface area contributed by atoms with E-state index in [0.29, 0.717) is 28.1 Å². The largest absolute Gasteiger partial charge is 0.344 e. The molecular weight excluding hydrogens is 320 g/mol. The van der Waals surface area contributed by atoms with E-state index in [1.54, 1.807) is 28.6 Å². The fourth-order valence-electron chi connectivity index (χ4n) is 2.19. The normalized spacial score (nSPS) is 11.0. The van der Waals surface area contributed by atoms with Crippen molar-refractivity contribution in [1.82, 2.24) is 19.7 Å². The van der Waals surface area contributed by atoms with Gasteiger partial charge in [-0.15, -0.1) is 0 Å². The van der Waals surface area contributed by atoms with Crippen LogP contribution in [0.1, 0.15) is 13.8 Å². The number of H-pyrrole nitrogens is 1. The van der Waals surface area contributed by atoms with E-state index >= 15 is 0 Å². The van der Waals surface area contributed by atoms with E-state index in [-0.39, 0.29) is 12.5 Å². The summed E-state index contributed by atoms with van der Waals surface area (Å²) < 4.78 is 2.13. The summed E-state index contributed by atoms with van der Waals surface area (Å²) in [6, 6.07) is 7.27. The highest BCUT2D eigenvalue weighted by Crippen LogP contribution is 2.20. The molecular formula is C15H19ClN4OS. The number of nitrogens with one attached hydrogen (secondary N) is 1. The molecule has 0 spiro atoms. The molecule has 0 unspecified atom stereocenters. The summed E-state index contributed by atoms with van der Waals surface area (Å²) in [6.45, 7) is 5.02. The summed E-state index contributed by atoms with van der Waals surface area (Å²) in [5, 5.41) is 7.62. The maximum Gasteiger partial charge on any atom is 0.242 e. The average Bonchev–Trinajstić information content (AvgIpc) is 2.80. The summed E-state index contributed by atoms with van der Waals surface area (Å²) in [7, 11) is 1.80. The van der Waals surface area contributed by atoms with Crippen LogP contribution >= 0.6 is 23.8 Å². The number of benzene rings is 1. The molecule has 1 heterocycles. The molecule has 0 aliphatic heterocycles. The van der Waals surface area contributed by atoms with Crippen LogP contribution in [-0.2, 0) is 11.3 Å². The summed E-state index contributed by atoms with van der Waals surface area (Å²) in [5.41, 5.74) is 0.857. The number of rotatable bonds is 5. The number of carbonyl (C=O) groups is 1. The number of halogens is 1. The first kappa shape index (κ1) is 16.7. The van der Waals surface area contributed by atoms with Gasteiger partial charge in [-0.2, -0.15) is 5.10 Å². The molecule has 22 heavy (non-hydrogen) atoms. The Bertz CT molecular complexity index is 705. The molecule has 1 aromatic carbocycles. The molecule has 0 atom stereocenters. The zero-order chi connectivity index (χ0) is 16.3. The minimum Gasteiger partial charge on any atom is -0.344 e. The molecule has 0 bridgehead atoms. The van der Waals surface area contributed by atoms with Crippen molar-refractivity contribution >= 4 is 29.7 Å². The predicted molar refractivity (Wildman–Crippen MR) is 90.3 cm³/mol. The molecule has 2 aromatic rings. The third-order valence-electron chi connectivity index (χ3n) is 3.22. The fraction of sp³-hybridized carbons (Fsp3) is 0.400. The van der Waals surface area contributed by atoms with E-state index in [0.717, 1.165) is 5.56 Å². The molecule has 0 fully saturated rings. The van der Waals surface area contributed by atoms with Gasteiger partial charge < -0.3 is 4.90 Å². The summed E-state index contributed by atoms with van der Waals surface area (Å²) >= 11 is 11.1. The van der Waals surface area contributed by atoms with E-state index < -0.39 is 0 Å². The number of hydrogen-bond acceptors (Lipinski definition) is 3. The molecule has 0 saturated carbocycles. The molecule has 0 aliphatic carbocycles. The van der Waals surface area contributed by atoms with Gasteiger partial charge in [0.25, 0.3) is 0 Å². The lowest BCUT2D eigenvalue weighted by molar-refractivity contribution is -0.131. The van der Waals surface area contributed by atoms with Crippen LogP contribution in [0.4, 0.5) is 0 Å². The van der Waals surface area contributed by atoms with Crippen molar-refractivity contribution in [3.05, 3.63) is 34.1 Å². The molecule has 7 heteroatoms. The van der Waals surface area contributed by atoms with Crippen LogP contribution in [0, 0.1) is 10.7 Å². The minimum atomic E-state index is 0.00131. The second-order valence-corrected chi connectivity index (χ2v) is 6.44. The Kier molecular flexibility index (Phi) is 5.37. The number of aromatic nitrogens is 3. The lowest BCUT2D eigenvalue weighted by Gasteiger charge is -2.20. The summed E-state index contributed by atoms with van der Waals surface area (Å²) in [6.07, 6.45) is 0. The number of likely N-dealkylation sites (N-methyl/N-ethyl adjacent to an activating group) is 1. The first-order valence-corrected chi connectivity index (χ1v) is 7.82. The molecule has 0 radical (unpaired) electrons. The molecule has 1 amide bonds. The number of carbonyl (C=O) groups excluding carboxylic acids is 1. The van der Waals surface area contributed by atoms with Crippen LogP contribution in [0.15, 0.2) is 24.3 Å². The van der Waals surface area contributed by atoms with Gasteiger partial charge in [0.1, 0.15) is 6.54 Å². The predicted octanol–water partition coefficient (Wildman–Crippen LogP) is 3.38. The lowest BCUT2D eigenvalue weighted by Crippen LogP contribution is -2.33. The van der Waals surface area contributed by atoms with E-state index in [4.69, 9.17) is 23.8 Å². The lowest BCUT2D eigenvalue weighted by atomic mass is 10.2. The van der Waals surface area contributed by atoms with Gasteiger partial charge in [-0.25, -0.2) is 0 Å². The van der Waals surface area contributed by atoms with Gasteiger partial charge in [0.05, 0.1) is 0 Å². The third kappa shape index (κ3) is 3.96. The second-order valence-electron chi connectivity index (χ2n) is 5.61. The van der Waals surface area contributed by atoms with Crippen molar-refractivity contribution in [2.45, 2.75) is 20.4 Å². The Hall–Kier alpha value is -1.66. The van der Waals surface area contributed by atoms with E-state index in [1.165, 1.54) is 0 Å². The molecule has 2 rings (SSSR count). The topological polar surface area (TPSA) is 53.9 Å². The van der Waals surface area contributed by atoms with Crippen LogP contribution in [0.25, 0.3) is 11.4 Å². The monoisotopic (exact) mass is 338 g/mol. The van der Waals surface area contributed by atoms with Crippen LogP contribution in [0.5, 0.6) is 0 Å². The van der Waals surface area contributed by atoms with E-state index in [2.05, 4.69) is 24.0 Å². The van der Waals surface area contributed by atoms with E-state index in [9.17, 15) is 4.79 Å². The average molecular weight is 339 g/mol. The first-order chi connectivity index (χ1) is 10.4. The van der Waals surface area contributed by atoms with Crippen LogP contribution in [-0.4, -0.2) is 39.2 Å². The zero-order valence-electron chi connectivity index (χ0n) is 12.8. The molecule has 1 N–H and O–H groups in total. The number of nitrogens with zero attached hydrogens (tertiary/aromatic N) is 3.